The Morgan fingerprint density at radius 2 is 1.93 bits per heavy atom. The Morgan fingerprint density at radius 1 is 1.25 bits per heavy atom. The second kappa shape index (κ2) is 9.18. The van der Waals surface area contributed by atoms with E-state index in [0.29, 0.717) is 22.7 Å². The molecule has 0 aliphatic carbocycles. The van der Waals surface area contributed by atoms with Gasteiger partial charge in [0.2, 0.25) is 0 Å². The van der Waals surface area contributed by atoms with Crippen LogP contribution >= 0.6 is 38.9 Å². The number of halogens is 2. The SMILES string of the molecule is COc1ccc(C(=O)NN=Cc2sc(=O)n(Cc3ccc(Br)cc3)c2Cl)cc1. The molecule has 0 aliphatic rings. The first-order valence-corrected chi connectivity index (χ1v) is 10.1. The van der Waals surface area contributed by atoms with Crippen LogP contribution in [0.1, 0.15) is 20.8 Å². The molecule has 0 unspecified atom stereocenters. The zero-order valence-electron chi connectivity index (χ0n) is 14.7. The molecule has 1 N–H and O–H groups in total. The van der Waals surface area contributed by atoms with Crippen LogP contribution in [0.5, 0.6) is 5.75 Å². The van der Waals surface area contributed by atoms with Gasteiger partial charge in [0.1, 0.15) is 10.9 Å². The van der Waals surface area contributed by atoms with E-state index < -0.39 is 0 Å². The third-order valence-corrected chi connectivity index (χ3v) is 5.77. The summed E-state index contributed by atoms with van der Waals surface area (Å²) in [5, 5.41) is 4.18. The molecule has 0 radical (unpaired) electrons. The summed E-state index contributed by atoms with van der Waals surface area (Å²) >= 11 is 10.7. The van der Waals surface area contributed by atoms with Gasteiger partial charge in [-0.15, -0.1) is 0 Å². The lowest BCUT2D eigenvalue weighted by molar-refractivity contribution is 0.0955. The van der Waals surface area contributed by atoms with Crippen LogP contribution in [-0.4, -0.2) is 23.8 Å². The molecule has 0 bridgehead atoms. The van der Waals surface area contributed by atoms with Crippen LogP contribution in [-0.2, 0) is 6.54 Å². The summed E-state index contributed by atoms with van der Waals surface area (Å²) < 4.78 is 7.47. The summed E-state index contributed by atoms with van der Waals surface area (Å²) in [6.45, 7) is 0.355. The molecule has 144 valence electrons. The van der Waals surface area contributed by atoms with Gasteiger partial charge < -0.3 is 4.74 Å². The van der Waals surface area contributed by atoms with Gasteiger partial charge in [-0.2, -0.15) is 5.10 Å². The van der Waals surface area contributed by atoms with Gasteiger partial charge in [0.05, 0.1) is 24.7 Å². The molecule has 3 rings (SSSR count). The first-order valence-electron chi connectivity index (χ1n) is 8.09. The van der Waals surface area contributed by atoms with Gasteiger partial charge in [-0.1, -0.05) is 51.0 Å². The van der Waals surface area contributed by atoms with E-state index >= 15 is 0 Å². The summed E-state index contributed by atoms with van der Waals surface area (Å²) in [7, 11) is 1.55. The molecule has 9 heteroatoms. The van der Waals surface area contributed by atoms with Crippen molar-refractivity contribution in [3.8, 4) is 5.75 Å². The van der Waals surface area contributed by atoms with Crippen LogP contribution in [0, 0.1) is 0 Å². The highest BCUT2D eigenvalue weighted by Gasteiger charge is 2.12. The van der Waals surface area contributed by atoms with Crippen LogP contribution in [0.25, 0.3) is 0 Å². The van der Waals surface area contributed by atoms with E-state index in [1.165, 1.54) is 10.8 Å². The lowest BCUT2D eigenvalue weighted by Crippen LogP contribution is -2.17. The van der Waals surface area contributed by atoms with Crippen molar-refractivity contribution >= 4 is 51.0 Å². The predicted octanol–water partition coefficient (Wildman–Crippen LogP) is 4.15. The maximum atomic E-state index is 12.2. The summed E-state index contributed by atoms with van der Waals surface area (Å²) in [5.74, 6) is 0.278. The molecule has 1 heterocycles. The smallest absolute Gasteiger partial charge is 0.309 e. The Morgan fingerprint density at radius 3 is 2.57 bits per heavy atom. The van der Waals surface area contributed by atoms with Crippen LogP contribution in [0.4, 0.5) is 0 Å². The number of carbonyl (C=O) groups is 1. The number of thiazole rings is 1. The fourth-order valence-electron chi connectivity index (χ4n) is 2.35. The maximum absolute atomic E-state index is 12.2. The third kappa shape index (κ3) is 4.89. The monoisotopic (exact) mass is 479 g/mol. The molecule has 28 heavy (non-hydrogen) atoms. The highest BCUT2D eigenvalue weighted by atomic mass is 79.9. The zero-order valence-corrected chi connectivity index (χ0v) is 17.8. The van der Waals surface area contributed by atoms with Crippen molar-refractivity contribution in [2.75, 3.05) is 7.11 Å². The van der Waals surface area contributed by atoms with Gasteiger partial charge in [0.25, 0.3) is 5.91 Å². The van der Waals surface area contributed by atoms with E-state index in [4.69, 9.17) is 16.3 Å². The van der Waals surface area contributed by atoms with E-state index in [1.807, 2.05) is 24.3 Å². The zero-order chi connectivity index (χ0) is 20.1. The second-order valence-electron chi connectivity index (χ2n) is 5.66. The standard InChI is InChI=1S/C19H15BrClN3O3S/c1-27-15-8-4-13(5-9-15)18(25)23-22-10-16-17(21)24(19(26)28-16)11-12-2-6-14(20)7-3-12/h2-10H,11H2,1H3,(H,23,25). The van der Waals surface area contributed by atoms with Crippen molar-refractivity contribution in [2.45, 2.75) is 6.54 Å². The molecule has 0 fully saturated rings. The van der Waals surface area contributed by atoms with Gasteiger partial charge in [-0.3, -0.25) is 14.2 Å². The molecule has 0 saturated carbocycles. The van der Waals surface area contributed by atoms with Crippen molar-refractivity contribution in [3.63, 3.8) is 0 Å². The van der Waals surface area contributed by atoms with Crippen molar-refractivity contribution in [1.29, 1.82) is 0 Å². The van der Waals surface area contributed by atoms with Gasteiger partial charge >= 0.3 is 4.87 Å². The fraction of sp³-hybridized carbons (Fsp3) is 0.105. The van der Waals surface area contributed by atoms with Crippen LogP contribution in [0.3, 0.4) is 0 Å². The van der Waals surface area contributed by atoms with E-state index in [0.717, 1.165) is 21.4 Å². The third-order valence-electron chi connectivity index (χ3n) is 3.81. The summed E-state index contributed by atoms with van der Waals surface area (Å²) in [4.78, 5) is 24.6. The van der Waals surface area contributed by atoms with Crippen molar-refractivity contribution in [1.82, 2.24) is 9.99 Å². The summed E-state index contributed by atoms with van der Waals surface area (Å²) in [5.41, 5.74) is 3.80. The van der Waals surface area contributed by atoms with Crippen molar-refractivity contribution < 1.29 is 9.53 Å². The molecule has 0 spiro atoms. The number of hydrogen-bond donors (Lipinski definition) is 1. The number of hydrogen-bond acceptors (Lipinski definition) is 5. The van der Waals surface area contributed by atoms with E-state index in [1.54, 1.807) is 31.4 Å². The molecule has 3 aromatic rings. The van der Waals surface area contributed by atoms with Crippen LogP contribution in [0.15, 0.2) is 62.9 Å². The number of amides is 1. The normalized spacial score (nSPS) is 11.0. The Labute approximate surface area is 178 Å². The number of aromatic nitrogens is 1. The number of hydrazone groups is 1. The predicted molar refractivity (Wildman–Crippen MR) is 115 cm³/mol. The summed E-state index contributed by atoms with van der Waals surface area (Å²) in [6, 6.07) is 14.2. The van der Waals surface area contributed by atoms with Gasteiger partial charge in [0.15, 0.2) is 0 Å². The lowest BCUT2D eigenvalue weighted by atomic mass is 10.2. The number of benzene rings is 2. The minimum Gasteiger partial charge on any atom is -0.497 e. The maximum Gasteiger partial charge on any atom is 0.309 e. The number of rotatable bonds is 6. The Balaban J connectivity index is 1.69. The molecule has 2 aromatic carbocycles. The van der Waals surface area contributed by atoms with Crippen molar-refractivity contribution in [3.05, 3.63) is 83.8 Å². The minimum absolute atomic E-state index is 0.198. The van der Waals surface area contributed by atoms with E-state index in [9.17, 15) is 9.59 Å². The molecule has 0 saturated heterocycles. The molecular formula is C19H15BrClN3O3S. The number of methoxy groups -OCH3 is 1. The molecular weight excluding hydrogens is 466 g/mol. The van der Waals surface area contributed by atoms with Gasteiger partial charge in [-0.25, -0.2) is 5.43 Å². The molecule has 1 amide bonds. The molecule has 0 aliphatic heterocycles. The first kappa shape index (κ1) is 20.3. The topological polar surface area (TPSA) is 72.7 Å². The molecule has 1 aromatic heterocycles. The van der Waals surface area contributed by atoms with E-state index in [2.05, 4.69) is 26.5 Å². The van der Waals surface area contributed by atoms with Crippen molar-refractivity contribution in [2.24, 2.45) is 5.10 Å². The summed E-state index contributed by atoms with van der Waals surface area (Å²) in [6.07, 6.45) is 1.37. The Kier molecular flexibility index (Phi) is 6.66. The second-order valence-corrected chi connectivity index (χ2v) is 7.93. The highest BCUT2D eigenvalue weighted by molar-refractivity contribution is 9.10. The number of ether oxygens (including phenoxy) is 1. The number of nitrogens with one attached hydrogen (secondary N) is 1. The van der Waals surface area contributed by atoms with Crippen LogP contribution < -0.4 is 15.0 Å². The van der Waals surface area contributed by atoms with Crippen LogP contribution in [0.2, 0.25) is 5.15 Å². The molecule has 6 nitrogen and oxygen atoms in total. The lowest BCUT2D eigenvalue weighted by Gasteiger charge is -2.04. The Hall–Kier alpha value is -2.42. The molecule has 0 atom stereocenters. The fourth-order valence-corrected chi connectivity index (χ4v) is 3.72. The average Bonchev–Trinajstić information content (AvgIpc) is 2.97. The minimum atomic E-state index is -0.378. The van der Waals surface area contributed by atoms with Gasteiger partial charge in [-0.05, 0) is 42.0 Å². The highest BCUT2D eigenvalue weighted by Crippen LogP contribution is 2.19. The average molecular weight is 481 g/mol. The van der Waals surface area contributed by atoms with Gasteiger partial charge in [0, 0.05) is 10.0 Å². The largest absolute Gasteiger partial charge is 0.497 e. The number of carbonyl (C=O) groups excluding carboxylic acids is 1. The quantitative estimate of drug-likeness (QED) is 0.426. The Bertz CT molecular complexity index is 1060. The first-order chi connectivity index (χ1) is 13.5. The number of nitrogens with zero attached hydrogens (tertiary/aromatic N) is 2. The van der Waals surface area contributed by atoms with E-state index in [-0.39, 0.29) is 15.9 Å².